The molecule has 1 aliphatic carbocycles. The van der Waals surface area contributed by atoms with E-state index in [-0.39, 0.29) is 31.1 Å². The highest BCUT2D eigenvalue weighted by Gasteiger charge is 2.55. The number of carbonyl (C=O) groups excluding carboxylic acids is 1. The van der Waals surface area contributed by atoms with Gasteiger partial charge in [0.25, 0.3) is 5.91 Å². The summed E-state index contributed by atoms with van der Waals surface area (Å²) in [7, 11) is 0. The Hall–Kier alpha value is -2.81. The molecule has 1 aliphatic heterocycles. The maximum atomic E-state index is 13.8. The van der Waals surface area contributed by atoms with E-state index in [2.05, 4.69) is 5.92 Å². The van der Waals surface area contributed by atoms with Crippen LogP contribution in [0.25, 0.3) is 0 Å². The van der Waals surface area contributed by atoms with E-state index < -0.39 is 5.72 Å². The molecule has 1 saturated carbocycles. The minimum Gasteiger partial charge on any atom is -0.396 e. The molecule has 1 heterocycles. The van der Waals surface area contributed by atoms with Crippen molar-refractivity contribution in [3.05, 3.63) is 105 Å². The van der Waals surface area contributed by atoms with Crippen molar-refractivity contribution in [3.8, 4) is 12.3 Å². The molecule has 0 aromatic heterocycles. The maximum absolute atomic E-state index is 13.8. The summed E-state index contributed by atoms with van der Waals surface area (Å²) in [5.74, 6) is 2.44. The van der Waals surface area contributed by atoms with E-state index in [4.69, 9.17) is 34.4 Å². The molecule has 0 unspecified atom stereocenters. The lowest BCUT2D eigenvalue weighted by Gasteiger charge is -2.40. The Kier molecular flexibility index (Phi) is 5.91. The maximum Gasteiger partial charge on any atom is 0.257 e. The number of hydrogen-bond acceptors (Lipinski definition) is 3. The Balaban J connectivity index is 1.68. The van der Waals surface area contributed by atoms with Crippen molar-refractivity contribution >= 4 is 29.1 Å². The van der Waals surface area contributed by atoms with Crippen LogP contribution in [0, 0.1) is 17.8 Å². The first-order valence-electron chi connectivity index (χ1n) is 11.1. The summed E-state index contributed by atoms with van der Waals surface area (Å²) >= 11 is 13.0. The molecule has 1 atom stereocenters. The summed E-state index contributed by atoms with van der Waals surface area (Å²) in [5, 5.41) is 11.0. The molecule has 4 nitrogen and oxygen atoms in total. The third-order valence-electron chi connectivity index (χ3n) is 6.78. The molecular formula is C28H23Cl2NO3. The monoisotopic (exact) mass is 491 g/mol. The van der Waals surface area contributed by atoms with Crippen LogP contribution >= 0.6 is 23.2 Å². The second-order valence-corrected chi connectivity index (χ2v) is 9.84. The van der Waals surface area contributed by atoms with Gasteiger partial charge >= 0.3 is 0 Å². The minimum absolute atomic E-state index is 0.0283. The summed E-state index contributed by atoms with van der Waals surface area (Å²) in [5.41, 5.74) is 1.95. The van der Waals surface area contributed by atoms with Crippen molar-refractivity contribution in [1.29, 1.82) is 0 Å². The van der Waals surface area contributed by atoms with Crippen molar-refractivity contribution in [3.63, 3.8) is 0 Å². The van der Waals surface area contributed by atoms with Gasteiger partial charge in [-0.25, -0.2) is 0 Å². The van der Waals surface area contributed by atoms with Gasteiger partial charge in [-0.1, -0.05) is 59.5 Å². The van der Waals surface area contributed by atoms with Crippen LogP contribution in [0.4, 0.5) is 0 Å². The molecule has 1 N–H and O–H groups in total. The highest BCUT2D eigenvalue weighted by molar-refractivity contribution is 6.32. The quantitative estimate of drug-likeness (QED) is 0.436. The predicted molar refractivity (Wildman–Crippen MR) is 133 cm³/mol. The van der Waals surface area contributed by atoms with Crippen LogP contribution < -0.4 is 0 Å². The van der Waals surface area contributed by atoms with E-state index in [0.29, 0.717) is 21.2 Å². The van der Waals surface area contributed by atoms with Crippen LogP contribution in [0.3, 0.4) is 0 Å². The topological polar surface area (TPSA) is 49.8 Å². The van der Waals surface area contributed by atoms with Crippen molar-refractivity contribution < 1.29 is 14.6 Å². The fraction of sp³-hybridized carbons (Fsp3) is 0.250. The largest absolute Gasteiger partial charge is 0.396 e. The Morgan fingerprint density at radius 3 is 2.35 bits per heavy atom. The molecule has 34 heavy (non-hydrogen) atoms. The average molecular weight is 492 g/mol. The number of aliphatic hydroxyl groups excluding tert-OH is 1. The van der Waals surface area contributed by atoms with Gasteiger partial charge in [-0.05, 0) is 54.8 Å². The van der Waals surface area contributed by atoms with Gasteiger partial charge in [0.1, 0.15) is 0 Å². The first-order chi connectivity index (χ1) is 16.4. The Morgan fingerprint density at radius 1 is 1.03 bits per heavy atom. The van der Waals surface area contributed by atoms with Gasteiger partial charge in [0, 0.05) is 44.3 Å². The smallest absolute Gasteiger partial charge is 0.257 e. The number of halogens is 2. The molecule has 2 aliphatic rings. The fourth-order valence-corrected chi connectivity index (χ4v) is 4.96. The molecular weight excluding hydrogens is 469 g/mol. The van der Waals surface area contributed by atoms with E-state index >= 15 is 0 Å². The number of rotatable bonds is 7. The highest BCUT2D eigenvalue weighted by atomic mass is 35.5. The van der Waals surface area contributed by atoms with Gasteiger partial charge in [-0.15, -0.1) is 6.42 Å². The first kappa shape index (κ1) is 23.0. The number of terminal acetylenes is 1. The van der Waals surface area contributed by atoms with E-state index in [1.807, 2.05) is 36.4 Å². The number of nitrogens with zero attached hydrogens (tertiary/aromatic N) is 1. The molecule has 3 aromatic carbocycles. The van der Waals surface area contributed by atoms with Crippen LogP contribution in [-0.2, 0) is 17.0 Å². The van der Waals surface area contributed by atoms with Gasteiger partial charge in [0.15, 0.2) is 5.72 Å². The van der Waals surface area contributed by atoms with Gasteiger partial charge in [0.2, 0.25) is 0 Å². The van der Waals surface area contributed by atoms with Gasteiger partial charge in [0.05, 0.1) is 13.2 Å². The lowest BCUT2D eigenvalue weighted by Crippen LogP contribution is -2.47. The molecule has 172 valence electrons. The summed E-state index contributed by atoms with van der Waals surface area (Å²) in [6, 6.07) is 20.1. The molecule has 5 rings (SSSR count). The van der Waals surface area contributed by atoms with Gasteiger partial charge < -0.3 is 9.84 Å². The van der Waals surface area contributed by atoms with Crippen molar-refractivity contribution in [1.82, 2.24) is 4.90 Å². The van der Waals surface area contributed by atoms with E-state index in [1.54, 1.807) is 35.2 Å². The van der Waals surface area contributed by atoms with E-state index in [1.165, 1.54) is 0 Å². The number of fused-ring (bicyclic) bond motifs is 1. The number of amides is 1. The van der Waals surface area contributed by atoms with Crippen LogP contribution in [-0.4, -0.2) is 29.1 Å². The molecule has 1 amide bonds. The lowest BCUT2D eigenvalue weighted by atomic mass is 9.92. The average Bonchev–Trinajstić information content (AvgIpc) is 3.60. The van der Waals surface area contributed by atoms with Crippen molar-refractivity contribution in [2.75, 3.05) is 13.2 Å². The normalized spacial score (nSPS) is 20.2. The minimum atomic E-state index is -1.27. The Morgan fingerprint density at radius 2 is 1.74 bits per heavy atom. The number of ether oxygens (including phenoxy) is 1. The second-order valence-electron chi connectivity index (χ2n) is 8.99. The third kappa shape index (κ3) is 3.79. The zero-order chi connectivity index (χ0) is 23.9. The van der Waals surface area contributed by atoms with Gasteiger partial charge in [-0.3, -0.25) is 9.69 Å². The first-order valence-corrected chi connectivity index (χ1v) is 11.9. The van der Waals surface area contributed by atoms with Crippen LogP contribution in [0.15, 0.2) is 66.7 Å². The fourth-order valence-electron chi connectivity index (χ4n) is 4.53. The summed E-state index contributed by atoms with van der Waals surface area (Å²) in [6.07, 6.45) is 7.25. The zero-order valence-corrected chi connectivity index (χ0v) is 19.9. The van der Waals surface area contributed by atoms with Crippen LogP contribution in [0.2, 0.25) is 10.0 Å². The zero-order valence-electron chi connectivity index (χ0n) is 18.4. The number of carbonyl (C=O) groups is 1. The molecule has 0 saturated heterocycles. The van der Waals surface area contributed by atoms with Crippen molar-refractivity contribution in [2.24, 2.45) is 5.41 Å². The highest BCUT2D eigenvalue weighted by Crippen LogP contribution is 2.52. The lowest BCUT2D eigenvalue weighted by molar-refractivity contribution is -0.128. The molecule has 0 bridgehead atoms. The Bertz CT molecular complexity index is 1280. The molecule has 1 fully saturated rings. The predicted octanol–water partition coefficient (Wildman–Crippen LogP) is 5.62. The summed E-state index contributed by atoms with van der Waals surface area (Å²) in [6.45, 7) is 0.598. The standard InChI is InChI=1S/C28H23Cl2NO3/c1-2-19-6-8-20(9-7-19)16-31-26(33)23-4-3-5-24(30)25(23)28(31,21-10-12-22(29)13-11-21)34-18-27(17-32)14-15-27/h1,3-13,32H,14-18H2/t28-/m1/s1. The van der Waals surface area contributed by atoms with Crippen molar-refractivity contribution in [2.45, 2.75) is 25.1 Å². The van der Waals surface area contributed by atoms with E-state index in [0.717, 1.165) is 29.5 Å². The molecule has 0 spiro atoms. The summed E-state index contributed by atoms with van der Waals surface area (Å²) in [4.78, 5) is 15.5. The molecule has 3 aromatic rings. The number of aliphatic hydroxyl groups is 1. The SMILES string of the molecule is C#Cc1ccc(CN2C(=O)c3cccc(Cl)c3[C@]2(OCC2(CO)CC2)c2ccc(Cl)cc2)cc1. The number of hydrogen-bond donors (Lipinski definition) is 1. The second kappa shape index (κ2) is 8.76. The van der Waals surface area contributed by atoms with Crippen LogP contribution in [0.5, 0.6) is 0 Å². The summed E-state index contributed by atoms with van der Waals surface area (Å²) < 4.78 is 6.73. The van der Waals surface area contributed by atoms with E-state index in [9.17, 15) is 9.90 Å². The third-order valence-corrected chi connectivity index (χ3v) is 7.35. The van der Waals surface area contributed by atoms with Crippen LogP contribution in [0.1, 0.15) is 45.5 Å². The Labute approximate surface area is 209 Å². The molecule has 0 radical (unpaired) electrons. The number of benzene rings is 3. The molecule has 6 heteroatoms. The van der Waals surface area contributed by atoms with Gasteiger partial charge in [-0.2, -0.15) is 0 Å².